The highest BCUT2D eigenvalue weighted by molar-refractivity contribution is 6.67. The van der Waals surface area contributed by atoms with Crippen molar-refractivity contribution in [1.29, 1.82) is 5.26 Å². The third-order valence-electron chi connectivity index (χ3n) is 1.33. The highest BCUT2D eigenvalue weighted by atomic mass is 35.5. The molecule has 1 aromatic carbocycles. The van der Waals surface area contributed by atoms with Gasteiger partial charge in [-0.3, -0.25) is 4.79 Å². The van der Waals surface area contributed by atoms with Gasteiger partial charge in [0.05, 0.1) is 11.1 Å². The van der Waals surface area contributed by atoms with Gasteiger partial charge in [0, 0.05) is 0 Å². The molecule has 0 fully saturated rings. The molecule has 0 heterocycles. The van der Waals surface area contributed by atoms with Crippen molar-refractivity contribution >= 4 is 16.8 Å². The molecule has 2 nitrogen and oxygen atoms in total. The average molecular weight is 184 g/mol. The number of nitrogens with zero attached hydrogens (tertiary/aromatic N) is 1. The molecule has 12 heavy (non-hydrogen) atoms. The smallest absolute Gasteiger partial charge is 0.255 e. The summed E-state index contributed by atoms with van der Waals surface area (Å²) in [5.41, 5.74) is -0.447. The van der Waals surface area contributed by atoms with Crippen molar-refractivity contribution in [3.63, 3.8) is 0 Å². The molecule has 0 aliphatic rings. The zero-order valence-corrected chi connectivity index (χ0v) is 6.60. The molecule has 0 aromatic heterocycles. The van der Waals surface area contributed by atoms with Gasteiger partial charge < -0.3 is 0 Å². The van der Waals surface area contributed by atoms with E-state index in [0.29, 0.717) is 0 Å². The summed E-state index contributed by atoms with van der Waals surface area (Å²) in [6, 6.07) is 5.51. The molecule has 0 bridgehead atoms. The van der Waals surface area contributed by atoms with Crippen LogP contribution in [0.2, 0.25) is 0 Å². The summed E-state index contributed by atoms with van der Waals surface area (Å²) in [5.74, 6) is -0.861. The predicted molar refractivity (Wildman–Crippen MR) is 41.3 cm³/mol. The van der Waals surface area contributed by atoms with Crippen LogP contribution in [0.3, 0.4) is 0 Å². The van der Waals surface area contributed by atoms with Crippen LogP contribution in [0.4, 0.5) is 4.39 Å². The summed E-state index contributed by atoms with van der Waals surface area (Å²) in [6.07, 6.45) is 0. The number of hydrogen-bond acceptors (Lipinski definition) is 2. The lowest BCUT2D eigenvalue weighted by Gasteiger charge is -1.96. The largest absolute Gasteiger partial charge is 0.275 e. The maximum atomic E-state index is 13.0. The van der Waals surface area contributed by atoms with Gasteiger partial charge >= 0.3 is 0 Å². The van der Waals surface area contributed by atoms with Gasteiger partial charge in [-0.2, -0.15) is 5.26 Å². The summed E-state index contributed by atoms with van der Waals surface area (Å²) in [6.45, 7) is 0. The van der Waals surface area contributed by atoms with E-state index < -0.39 is 11.1 Å². The van der Waals surface area contributed by atoms with Crippen LogP contribution in [0, 0.1) is 17.1 Å². The Labute approximate surface area is 73.2 Å². The van der Waals surface area contributed by atoms with Crippen molar-refractivity contribution in [3.05, 3.63) is 35.1 Å². The van der Waals surface area contributed by atoms with E-state index in [2.05, 4.69) is 0 Å². The predicted octanol–water partition coefficient (Wildman–Crippen LogP) is 2.08. The highest BCUT2D eigenvalue weighted by Gasteiger charge is 2.11. The Bertz CT molecular complexity index is 370. The molecule has 0 radical (unpaired) electrons. The lowest BCUT2D eigenvalue weighted by atomic mass is 10.1. The fourth-order valence-corrected chi connectivity index (χ4v) is 0.916. The molecule has 0 aliphatic heterocycles. The number of nitriles is 1. The van der Waals surface area contributed by atoms with Crippen LogP contribution in [0.15, 0.2) is 18.2 Å². The minimum Gasteiger partial charge on any atom is -0.275 e. The van der Waals surface area contributed by atoms with Gasteiger partial charge in [-0.25, -0.2) is 4.39 Å². The molecular formula is C8H3ClFNO. The number of carbonyl (C=O) groups excluding carboxylic acids is 1. The van der Waals surface area contributed by atoms with Gasteiger partial charge in [0.25, 0.3) is 5.24 Å². The third-order valence-corrected chi connectivity index (χ3v) is 1.53. The molecule has 0 saturated heterocycles. The second-order valence-corrected chi connectivity index (χ2v) is 2.40. The fraction of sp³-hybridized carbons (Fsp3) is 0. The van der Waals surface area contributed by atoms with Crippen LogP contribution < -0.4 is 0 Å². The maximum absolute atomic E-state index is 13.0. The van der Waals surface area contributed by atoms with Gasteiger partial charge in [-0.05, 0) is 23.7 Å². The number of carbonyl (C=O) groups is 1. The van der Waals surface area contributed by atoms with Crippen LogP contribution in [-0.4, -0.2) is 5.24 Å². The monoisotopic (exact) mass is 183 g/mol. The minimum atomic E-state index is -0.899. The fourth-order valence-electron chi connectivity index (χ4n) is 0.770. The van der Waals surface area contributed by atoms with E-state index >= 15 is 0 Å². The Morgan fingerprint density at radius 2 is 2.25 bits per heavy atom. The van der Waals surface area contributed by atoms with Gasteiger partial charge in [-0.15, -0.1) is 0 Å². The van der Waals surface area contributed by atoms with Crippen LogP contribution in [0.5, 0.6) is 0 Å². The third kappa shape index (κ3) is 1.44. The first-order valence-electron chi connectivity index (χ1n) is 3.05. The van der Waals surface area contributed by atoms with Gasteiger partial charge in [-0.1, -0.05) is 6.07 Å². The van der Waals surface area contributed by atoms with Crippen molar-refractivity contribution in [2.75, 3.05) is 0 Å². The first kappa shape index (κ1) is 8.69. The van der Waals surface area contributed by atoms with E-state index in [4.69, 9.17) is 16.9 Å². The van der Waals surface area contributed by atoms with Crippen molar-refractivity contribution < 1.29 is 9.18 Å². The SMILES string of the molecule is N#Cc1cccc(C(=O)Cl)c1F. The van der Waals surface area contributed by atoms with Crippen LogP contribution in [0.25, 0.3) is 0 Å². The van der Waals surface area contributed by atoms with Crippen molar-refractivity contribution in [2.45, 2.75) is 0 Å². The first-order valence-corrected chi connectivity index (χ1v) is 3.43. The summed E-state index contributed by atoms with van der Waals surface area (Å²) >= 11 is 5.05. The summed E-state index contributed by atoms with van der Waals surface area (Å²) in [5, 5.41) is 7.48. The molecule has 0 saturated carbocycles. The molecule has 4 heteroatoms. The quantitative estimate of drug-likeness (QED) is 0.626. The van der Waals surface area contributed by atoms with Crippen LogP contribution in [-0.2, 0) is 0 Å². The van der Waals surface area contributed by atoms with Gasteiger partial charge in [0.2, 0.25) is 0 Å². The standard InChI is InChI=1S/C8H3ClFNO/c9-8(12)6-3-1-2-5(4-11)7(6)10/h1-3H. The second-order valence-electron chi connectivity index (χ2n) is 2.05. The molecule has 0 N–H and O–H groups in total. The lowest BCUT2D eigenvalue weighted by Crippen LogP contribution is -1.96. The molecule has 0 unspecified atom stereocenters. The Balaban J connectivity index is 3.35. The topological polar surface area (TPSA) is 40.9 Å². The molecule has 0 atom stereocenters. The van der Waals surface area contributed by atoms with Crippen molar-refractivity contribution in [2.24, 2.45) is 0 Å². The molecule has 1 aromatic rings. The van der Waals surface area contributed by atoms with E-state index in [9.17, 15) is 9.18 Å². The minimum absolute atomic E-state index is 0.179. The number of rotatable bonds is 1. The van der Waals surface area contributed by atoms with E-state index in [1.807, 2.05) is 0 Å². The number of hydrogen-bond donors (Lipinski definition) is 0. The Morgan fingerprint density at radius 3 is 2.75 bits per heavy atom. The van der Waals surface area contributed by atoms with E-state index in [-0.39, 0.29) is 11.1 Å². The van der Waals surface area contributed by atoms with E-state index in [1.165, 1.54) is 18.2 Å². The highest BCUT2D eigenvalue weighted by Crippen LogP contribution is 2.13. The van der Waals surface area contributed by atoms with Crippen molar-refractivity contribution in [1.82, 2.24) is 0 Å². The lowest BCUT2D eigenvalue weighted by molar-refractivity contribution is 0.107. The van der Waals surface area contributed by atoms with Gasteiger partial charge in [0.15, 0.2) is 5.82 Å². The zero-order chi connectivity index (χ0) is 9.14. The van der Waals surface area contributed by atoms with Gasteiger partial charge in [0.1, 0.15) is 6.07 Å². The normalized spacial score (nSPS) is 9.08. The molecule has 60 valence electrons. The van der Waals surface area contributed by atoms with E-state index in [0.717, 1.165) is 0 Å². The maximum Gasteiger partial charge on any atom is 0.255 e. The van der Waals surface area contributed by atoms with Crippen LogP contribution >= 0.6 is 11.6 Å². The Hall–Kier alpha value is -1.40. The molecule has 0 amide bonds. The number of halogens is 2. The zero-order valence-electron chi connectivity index (χ0n) is 5.84. The summed E-state index contributed by atoms with van der Waals surface area (Å²) < 4.78 is 13.0. The van der Waals surface area contributed by atoms with Crippen LogP contribution in [0.1, 0.15) is 15.9 Å². The van der Waals surface area contributed by atoms with E-state index in [1.54, 1.807) is 6.07 Å². The van der Waals surface area contributed by atoms with Crippen molar-refractivity contribution in [3.8, 4) is 6.07 Å². The average Bonchev–Trinajstić information content (AvgIpc) is 2.04. The summed E-state index contributed by atoms with van der Waals surface area (Å²) in [4.78, 5) is 10.6. The molecular weight excluding hydrogens is 181 g/mol. The first-order chi connectivity index (χ1) is 5.66. The molecule has 0 spiro atoms. The molecule has 0 aliphatic carbocycles. The number of benzene rings is 1. The molecule has 1 rings (SSSR count). The second kappa shape index (κ2) is 3.33. The Morgan fingerprint density at radius 1 is 1.58 bits per heavy atom. The Kier molecular flexibility index (Phi) is 2.41. The summed E-state index contributed by atoms with van der Waals surface area (Å²) in [7, 11) is 0.